The van der Waals surface area contributed by atoms with E-state index in [2.05, 4.69) is 65.1 Å². The zero-order valence-electron chi connectivity index (χ0n) is 21.2. The normalized spacial score (nSPS) is 11.9. The highest BCUT2D eigenvalue weighted by Gasteiger charge is 2.26. The van der Waals surface area contributed by atoms with Crippen LogP contribution in [0, 0.1) is 10.1 Å². The maximum atomic E-state index is 12.3. The van der Waals surface area contributed by atoms with Crippen LogP contribution in [-0.2, 0) is 10.8 Å². The molecule has 6 nitrogen and oxygen atoms in total. The SMILES string of the molecule is CCC(C)(C)c1ccc(OCCCCNC(=O)c2ccc(Cl)c([N+](=O)[O-])c2)c(C(C)(C)CC)c1. The fraction of sp³-hybridized carbons (Fsp3) is 0.519. The van der Waals surface area contributed by atoms with Crippen LogP contribution in [0.5, 0.6) is 5.75 Å². The molecular formula is C27H37ClN2O4. The van der Waals surface area contributed by atoms with Gasteiger partial charge in [0.1, 0.15) is 10.8 Å². The van der Waals surface area contributed by atoms with E-state index < -0.39 is 4.92 Å². The number of carbonyl (C=O) groups excluding carboxylic acids is 1. The maximum Gasteiger partial charge on any atom is 0.288 e. The van der Waals surface area contributed by atoms with Gasteiger partial charge in [0.2, 0.25) is 0 Å². The highest BCUT2D eigenvalue weighted by Crippen LogP contribution is 2.38. The molecule has 0 bridgehead atoms. The molecule has 186 valence electrons. The number of unbranched alkanes of at least 4 members (excludes halogenated alkanes) is 1. The first-order valence-corrected chi connectivity index (χ1v) is 12.3. The van der Waals surface area contributed by atoms with Crippen LogP contribution >= 0.6 is 11.6 Å². The third-order valence-electron chi connectivity index (χ3n) is 6.78. The fourth-order valence-electron chi connectivity index (χ4n) is 3.51. The van der Waals surface area contributed by atoms with Crippen LogP contribution in [0.4, 0.5) is 5.69 Å². The lowest BCUT2D eigenvalue weighted by Gasteiger charge is -2.30. The summed E-state index contributed by atoms with van der Waals surface area (Å²) in [5.74, 6) is 0.557. The first-order chi connectivity index (χ1) is 15.9. The molecule has 0 aliphatic heterocycles. The Hall–Kier alpha value is -2.60. The summed E-state index contributed by atoms with van der Waals surface area (Å²) < 4.78 is 6.17. The van der Waals surface area contributed by atoms with Gasteiger partial charge in [0.05, 0.1) is 11.5 Å². The predicted molar refractivity (Wildman–Crippen MR) is 138 cm³/mol. The molecule has 0 aliphatic rings. The van der Waals surface area contributed by atoms with E-state index in [9.17, 15) is 14.9 Å². The third-order valence-corrected chi connectivity index (χ3v) is 7.10. The molecule has 0 spiro atoms. The molecule has 7 heteroatoms. The van der Waals surface area contributed by atoms with Crippen LogP contribution in [0.15, 0.2) is 36.4 Å². The van der Waals surface area contributed by atoms with Gasteiger partial charge < -0.3 is 10.1 Å². The van der Waals surface area contributed by atoms with Crippen molar-refractivity contribution in [1.82, 2.24) is 5.32 Å². The van der Waals surface area contributed by atoms with Crippen LogP contribution in [-0.4, -0.2) is 24.0 Å². The zero-order chi connectivity index (χ0) is 25.5. The topological polar surface area (TPSA) is 81.5 Å². The summed E-state index contributed by atoms with van der Waals surface area (Å²) in [4.78, 5) is 22.7. The molecule has 2 aromatic rings. The van der Waals surface area contributed by atoms with Gasteiger partial charge in [-0.15, -0.1) is 0 Å². The Balaban J connectivity index is 1.93. The van der Waals surface area contributed by atoms with E-state index in [1.807, 2.05) is 0 Å². The van der Waals surface area contributed by atoms with Gasteiger partial charge in [0.15, 0.2) is 0 Å². The third kappa shape index (κ3) is 6.95. The van der Waals surface area contributed by atoms with Crippen molar-refractivity contribution < 1.29 is 14.5 Å². The second-order valence-electron chi connectivity index (χ2n) is 9.92. The largest absolute Gasteiger partial charge is 0.493 e. The number of amides is 1. The lowest BCUT2D eigenvalue weighted by atomic mass is 9.76. The van der Waals surface area contributed by atoms with Gasteiger partial charge in [0, 0.05) is 23.7 Å². The van der Waals surface area contributed by atoms with E-state index in [1.54, 1.807) is 0 Å². The Bertz CT molecular complexity index is 1020. The predicted octanol–water partition coefficient (Wildman–Crippen LogP) is 7.21. The van der Waals surface area contributed by atoms with Gasteiger partial charge in [-0.25, -0.2) is 0 Å². The summed E-state index contributed by atoms with van der Waals surface area (Å²) in [5, 5.41) is 13.8. The van der Waals surface area contributed by atoms with Gasteiger partial charge >= 0.3 is 0 Å². The molecule has 2 aromatic carbocycles. The van der Waals surface area contributed by atoms with Crippen LogP contribution in [0.1, 0.15) is 88.7 Å². The van der Waals surface area contributed by atoms with Crippen LogP contribution < -0.4 is 10.1 Å². The molecule has 0 aliphatic carbocycles. The molecule has 0 aromatic heterocycles. The second kappa shape index (κ2) is 11.7. The van der Waals surface area contributed by atoms with Crippen molar-refractivity contribution in [2.24, 2.45) is 0 Å². The quantitative estimate of drug-likeness (QED) is 0.194. The number of nitro groups is 1. The van der Waals surface area contributed by atoms with Crippen molar-refractivity contribution >= 4 is 23.2 Å². The van der Waals surface area contributed by atoms with E-state index in [-0.39, 0.29) is 33.0 Å². The number of halogens is 1. The Morgan fingerprint density at radius 3 is 2.32 bits per heavy atom. The van der Waals surface area contributed by atoms with Crippen molar-refractivity contribution in [3.05, 3.63) is 68.2 Å². The minimum absolute atomic E-state index is 0.00430. The van der Waals surface area contributed by atoms with Crippen molar-refractivity contribution in [2.75, 3.05) is 13.2 Å². The summed E-state index contributed by atoms with van der Waals surface area (Å²) >= 11 is 5.81. The van der Waals surface area contributed by atoms with Gasteiger partial charge in [0.25, 0.3) is 11.6 Å². The summed E-state index contributed by atoms with van der Waals surface area (Å²) in [5.41, 5.74) is 2.61. The summed E-state index contributed by atoms with van der Waals surface area (Å²) in [7, 11) is 0. The van der Waals surface area contributed by atoms with Crippen molar-refractivity contribution in [1.29, 1.82) is 0 Å². The summed E-state index contributed by atoms with van der Waals surface area (Å²) in [6, 6.07) is 10.6. The average molecular weight is 489 g/mol. The number of rotatable bonds is 12. The van der Waals surface area contributed by atoms with E-state index in [0.717, 1.165) is 31.4 Å². The first-order valence-electron chi connectivity index (χ1n) is 11.9. The molecule has 0 heterocycles. The minimum atomic E-state index is -0.597. The number of nitrogens with zero attached hydrogens (tertiary/aromatic N) is 1. The molecule has 0 unspecified atom stereocenters. The Morgan fingerprint density at radius 2 is 1.71 bits per heavy atom. The van der Waals surface area contributed by atoms with Gasteiger partial charge in [-0.1, -0.05) is 65.3 Å². The zero-order valence-corrected chi connectivity index (χ0v) is 21.9. The van der Waals surface area contributed by atoms with Crippen molar-refractivity contribution in [3.8, 4) is 5.75 Å². The minimum Gasteiger partial charge on any atom is -0.493 e. The molecule has 0 radical (unpaired) electrons. The van der Waals surface area contributed by atoms with Crippen molar-refractivity contribution in [3.63, 3.8) is 0 Å². The second-order valence-corrected chi connectivity index (χ2v) is 10.3. The molecule has 1 N–H and O–H groups in total. The standard InChI is InChI=1S/C27H37ClN2O4/c1-7-26(3,4)20-12-14-24(21(18-20)27(5,6)8-2)34-16-10-9-15-29-25(31)19-11-13-22(28)23(17-19)30(32)33/h11-14,17-18H,7-10,15-16H2,1-6H3,(H,29,31). The molecule has 0 saturated heterocycles. The number of ether oxygens (including phenoxy) is 1. The van der Waals surface area contributed by atoms with Crippen LogP contribution in [0.25, 0.3) is 0 Å². The molecule has 0 atom stereocenters. The number of carbonyl (C=O) groups is 1. The molecule has 0 fully saturated rings. The number of nitro benzene ring substituents is 1. The first kappa shape index (κ1) is 27.6. The number of hydrogen-bond donors (Lipinski definition) is 1. The molecule has 0 saturated carbocycles. The molecule has 2 rings (SSSR count). The lowest BCUT2D eigenvalue weighted by molar-refractivity contribution is -0.384. The molecule has 34 heavy (non-hydrogen) atoms. The highest BCUT2D eigenvalue weighted by molar-refractivity contribution is 6.32. The van der Waals surface area contributed by atoms with Gasteiger partial charge in [-0.05, 0) is 60.3 Å². The summed E-state index contributed by atoms with van der Waals surface area (Å²) in [6.45, 7) is 14.4. The Morgan fingerprint density at radius 1 is 1.03 bits per heavy atom. The number of benzene rings is 2. The van der Waals surface area contributed by atoms with Crippen LogP contribution in [0.3, 0.4) is 0 Å². The van der Waals surface area contributed by atoms with Crippen LogP contribution in [0.2, 0.25) is 5.02 Å². The van der Waals surface area contributed by atoms with E-state index in [0.29, 0.717) is 13.2 Å². The van der Waals surface area contributed by atoms with Gasteiger partial charge in [-0.3, -0.25) is 14.9 Å². The maximum absolute atomic E-state index is 12.3. The number of hydrogen-bond acceptors (Lipinski definition) is 4. The highest BCUT2D eigenvalue weighted by atomic mass is 35.5. The molecular weight excluding hydrogens is 452 g/mol. The average Bonchev–Trinajstić information content (AvgIpc) is 2.81. The smallest absolute Gasteiger partial charge is 0.288 e. The number of nitrogens with one attached hydrogen (secondary N) is 1. The fourth-order valence-corrected chi connectivity index (χ4v) is 3.69. The Labute approximate surface area is 208 Å². The lowest BCUT2D eigenvalue weighted by Crippen LogP contribution is -2.25. The van der Waals surface area contributed by atoms with E-state index >= 15 is 0 Å². The Kier molecular flexibility index (Phi) is 9.51. The van der Waals surface area contributed by atoms with Crippen molar-refractivity contribution in [2.45, 2.75) is 78.1 Å². The van der Waals surface area contributed by atoms with E-state index in [1.165, 1.54) is 29.3 Å². The monoisotopic (exact) mass is 488 g/mol. The van der Waals surface area contributed by atoms with Gasteiger partial charge in [-0.2, -0.15) is 0 Å². The molecule has 1 amide bonds. The summed E-state index contributed by atoms with van der Waals surface area (Å²) in [6.07, 6.45) is 3.58. The van der Waals surface area contributed by atoms with E-state index in [4.69, 9.17) is 16.3 Å².